The van der Waals surface area contributed by atoms with Gasteiger partial charge in [-0.3, -0.25) is 4.79 Å². The first-order valence-corrected chi connectivity index (χ1v) is 4.06. The Hall–Kier alpha value is -1.45. The maximum Gasteiger partial charge on any atom is 0.190 e. The Balaban J connectivity index is 3.14. The van der Waals surface area contributed by atoms with E-state index in [2.05, 4.69) is 4.74 Å². The highest BCUT2D eigenvalue weighted by Gasteiger charge is 2.14. The fraction of sp³-hybridized carbons (Fsp3) is 0.300. The molecule has 0 bridgehead atoms. The van der Waals surface area contributed by atoms with Gasteiger partial charge in [0.25, 0.3) is 0 Å². The standard InChI is InChI=1S/C10H10F2O2/c1-6(13)5-7-3-4-8(11)10(14-2)9(7)12/h3-4H,5H2,1-2H3. The second kappa shape index (κ2) is 4.17. The Bertz CT molecular complexity index is 361. The van der Waals surface area contributed by atoms with Gasteiger partial charge < -0.3 is 4.74 Å². The molecular formula is C10H10F2O2. The molecule has 0 atom stereocenters. The average Bonchev–Trinajstić information content (AvgIpc) is 2.10. The summed E-state index contributed by atoms with van der Waals surface area (Å²) in [6.07, 6.45) is -0.0531. The van der Waals surface area contributed by atoms with E-state index >= 15 is 0 Å². The van der Waals surface area contributed by atoms with Crippen molar-refractivity contribution in [1.29, 1.82) is 0 Å². The lowest BCUT2D eigenvalue weighted by molar-refractivity contribution is -0.116. The number of benzene rings is 1. The first kappa shape index (κ1) is 10.6. The first-order chi connectivity index (χ1) is 6.56. The summed E-state index contributed by atoms with van der Waals surface area (Å²) in [5, 5.41) is 0. The number of hydrogen-bond donors (Lipinski definition) is 0. The minimum atomic E-state index is -0.803. The van der Waals surface area contributed by atoms with Gasteiger partial charge in [-0.1, -0.05) is 6.07 Å². The van der Waals surface area contributed by atoms with Gasteiger partial charge in [0.2, 0.25) is 0 Å². The van der Waals surface area contributed by atoms with Gasteiger partial charge in [-0.25, -0.2) is 8.78 Å². The van der Waals surface area contributed by atoms with Crippen molar-refractivity contribution in [2.24, 2.45) is 0 Å². The summed E-state index contributed by atoms with van der Waals surface area (Å²) in [6, 6.07) is 2.33. The van der Waals surface area contributed by atoms with Gasteiger partial charge in [0.05, 0.1) is 7.11 Å². The molecule has 0 saturated heterocycles. The van der Waals surface area contributed by atoms with E-state index in [0.29, 0.717) is 0 Å². The van der Waals surface area contributed by atoms with E-state index in [1.54, 1.807) is 0 Å². The van der Waals surface area contributed by atoms with Gasteiger partial charge in [0.1, 0.15) is 5.78 Å². The zero-order chi connectivity index (χ0) is 10.7. The van der Waals surface area contributed by atoms with Gasteiger partial charge >= 0.3 is 0 Å². The molecule has 0 N–H and O–H groups in total. The largest absolute Gasteiger partial charge is 0.491 e. The number of methoxy groups -OCH3 is 1. The van der Waals surface area contributed by atoms with Crippen molar-refractivity contribution in [3.8, 4) is 5.75 Å². The zero-order valence-corrected chi connectivity index (χ0v) is 7.93. The molecule has 0 amide bonds. The van der Waals surface area contributed by atoms with Crippen molar-refractivity contribution in [1.82, 2.24) is 0 Å². The number of rotatable bonds is 3. The highest BCUT2D eigenvalue weighted by Crippen LogP contribution is 2.24. The normalized spacial score (nSPS) is 10.0. The molecule has 0 aliphatic rings. The maximum atomic E-state index is 13.4. The predicted octanol–water partition coefficient (Wildman–Crippen LogP) is 2.10. The molecule has 14 heavy (non-hydrogen) atoms. The fourth-order valence-electron chi connectivity index (χ4n) is 1.17. The molecule has 4 heteroatoms. The van der Waals surface area contributed by atoms with Crippen LogP contribution in [0, 0.1) is 11.6 Å². The number of Topliss-reactive ketones (excluding diaryl/α,β-unsaturated/α-hetero) is 1. The van der Waals surface area contributed by atoms with Crippen molar-refractivity contribution < 1.29 is 18.3 Å². The summed E-state index contributed by atoms with van der Waals surface area (Å²) in [6.45, 7) is 1.34. The second-order valence-electron chi connectivity index (χ2n) is 2.93. The lowest BCUT2D eigenvalue weighted by Gasteiger charge is -2.06. The van der Waals surface area contributed by atoms with Crippen LogP contribution >= 0.6 is 0 Å². The zero-order valence-electron chi connectivity index (χ0n) is 7.93. The van der Waals surface area contributed by atoms with Crippen LogP contribution in [0.5, 0.6) is 5.75 Å². The summed E-state index contributed by atoms with van der Waals surface area (Å²) in [7, 11) is 1.18. The Morgan fingerprint density at radius 1 is 1.43 bits per heavy atom. The quantitative estimate of drug-likeness (QED) is 0.746. The van der Waals surface area contributed by atoms with Crippen molar-refractivity contribution >= 4 is 5.78 Å². The summed E-state index contributed by atoms with van der Waals surface area (Å²) in [5.41, 5.74) is 0.149. The Labute approximate surface area is 80.5 Å². The van der Waals surface area contributed by atoms with Crippen molar-refractivity contribution in [2.45, 2.75) is 13.3 Å². The van der Waals surface area contributed by atoms with Gasteiger partial charge in [-0.05, 0) is 18.6 Å². The average molecular weight is 200 g/mol. The summed E-state index contributed by atoms with van der Waals surface area (Å²) in [5.74, 6) is -2.19. The molecule has 0 heterocycles. The number of halogens is 2. The minimum absolute atomic E-state index is 0.0531. The predicted molar refractivity (Wildman–Crippen MR) is 47.3 cm³/mol. The summed E-state index contributed by atoms with van der Waals surface area (Å²) in [4.78, 5) is 10.7. The molecule has 0 saturated carbocycles. The lowest BCUT2D eigenvalue weighted by Crippen LogP contribution is -2.02. The van der Waals surface area contributed by atoms with Gasteiger partial charge in [-0.15, -0.1) is 0 Å². The number of carbonyl (C=O) groups is 1. The van der Waals surface area contributed by atoms with Gasteiger partial charge in [0.15, 0.2) is 17.4 Å². The van der Waals surface area contributed by atoms with E-state index < -0.39 is 17.4 Å². The lowest BCUT2D eigenvalue weighted by atomic mass is 10.1. The molecule has 0 unspecified atom stereocenters. The van der Waals surface area contributed by atoms with E-state index in [4.69, 9.17) is 0 Å². The first-order valence-electron chi connectivity index (χ1n) is 4.06. The molecule has 0 fully saturated rings. The van der Waals surface area contributed by atoms with Crippen LogP contribution in [0.4, 0.5) is 8.78 Å². The fourth-order valence-corrected chi connectivity index (χ4v) is 1.17. The molecule has 76 valence electrons. The third-order valence-corrected chi connectivity index (χ3v) is 1.77. The highest BCUT2D eigenvalue weighted by atomic mass is 19.1. The smallest absolute Gasteiger partial charge is 0.190 e. The van der Waals surface area contributed by atoms with E-state index in [0.717, 1.165) is 6.07 Å². The molecule has 0 aliphatic carbocycles. The topological polar surface area (TPSA) is 26.3 Å². The van der Waals surface area contributed by atoms with Crippen LogP contribution in [0.3, 0.4) is 0 Å². The Morgan fingerprint density at radius 3 is 2.57 bits per heavy atom. The second-order valence-corrected chi connectivity index (χ2v) is 2.93. The van der Waals surface area contributed by atoms with Crippen molar-refractivity contribution in [3.05, 3.63) is 29.3 Å². The van der Waals surface area contributed by atoms with E-state index in [-0.39, 0.29) is 17.8 Å². The van der Waals surface area contributed by atoms with E-state index in [9.17, 15) is 13.6 Å². The minimum Gasteiger partial charge on any atom is -0.491 e. The molecular weight excluding hydrogens is 190 g/mol. The van der Waals surface area contributed by atoms with E-state index in [1.807, 2.05) is 0 Å². The third kappa shape index (κ3) is 2.07. The van der Waals surface area contributed by atoms with E-state index in [1.165, 1.54) is 20.1 Å². The summed E-state index contributed by atoms with van der Waals surface area (Å²) < 4.78 is 30.8. The number of ketones is 1. The number of hydrogen-bond acceptors (Lipinski definition) is 2. The number of carbonyl (C=O) groups excluding carboxylic acids is 1. The van der Waals surface area contributed by atoms with Crippen molar-refractivity contribution in [3.63, 3.8) is 0 Å². The molecule has 0 aliphatic heterocycles. The Kier molecular flexibility index (Phi) is 3.17. The van der Waals surface area contributed by atoms with Crippen LogP contribution in [-0.2, 0) is 11.2 Å². The molecule has 0 spiro atoms. The van der Waals surface area contributed by atoms with Crippen LogP contribution in [0.15, 0.2) is 12.1 Å². The monoisotopic (exact) mass is 200 g/mol. The SMILES string of the molecule is COc1c(F)ccc(CC(C)=O)c1F. The number of ether oxygens (including phenoxy) is 1. The Morgan fingerprint density at radius 2 is 2.07 bits per heavy atom. The van der Waals surface area contributed by atoms with Crippen LogP contribution in [0.2, 0.25) is 0 Å². The molecule has 1 aromatic carbocycles. The molecule has 1 aromatic rings. The highest BCUT2D eigenvalue weighted by molar-refractivity contribution is 5.78. The van der Waals surface area contributed by atoms with Crippen molar-refractivity contribution in [2.75, 3.05) is 7.11 Å². The van der Waals surface area contributed by atoms with Crippen LogP contribution in [-0.4, -0.2) is 12.9 Å². The van der Waals surface area contributed by atoms with Gasteiger partial charge in [0, 0.05) is 6.42 Å². The third-order valence-electron chi connectivity index (χ3n) is 1.77. The van der Waals surface area contributed by atoms with Crippen LogP contribution < -0.4 is 4.74 Å². The molecule has 0 aromatic heterocycles. The molecule has 1 rings (SSSR count). The van der Waals surface area contributed by atoms with Crippen LogP contribution in [0.1, 0.15) is 12.5 Å². The molecule has 2 nitrogen and oxygen atoms in total. The molecule has 0 radical (unpaired) electrons. The van der Waals surface area contributed by atoms with Gasteiger partial charge in [-0.2, -0.15) is 0 Å². The summed E-state index contributed by atoms with van der Waals surface area (Å²) >= 11 is 0. The van der Waals surface area contributed by atoms with Crippen LogP contribution in [0.25, 0.3) is 0 Å². The maximum absolute atomic E-state index is 13.4.